The fourth-order valence-corrected chi connectivity index (χ4v) is 0.800. The van der Waals surface area contributed by atoms with Gasteiger partial charge in [-0.3, -0.25) is 9.22 Å². The van der Waals surface area contributed by atoms with Crippen LogP contribution in [0.15, 0.2) is 0 Å². The van der Waals surface area contributed by atoms with Crippen LogP contribution in [-0.4, -0.2) is 18.9 Å². The highest BCUT2D eigenvalue weighted by Crippen LogP contribution is 2.03. The summed E-state index contributed by atoms with van der Waals surface area (Å²) in [6.45, 7) is 0. The van der Waals surface area contributed by atoms with Gasteiger partial charge in [-0.1, -0.05) is 0 Å². The summed E-state index contributed by atoms with van der Waals surface area (Å²) < 4.78 is 36.5. The van der Waals surface area contributed by atoms with Gasteiger partial charge in [0.1, 0.15) is 10.1 Å². The fourth-order valence-electron chi connectivity index (χ4n) is 0.110. The van der Waals surface area contributed by atoms with Crippen molar-refractivity contribution in [1.82, 2.24) is 0 Å². The lowest BCUT2D eigenvalue weighted by Gasteiger charge is -2.06. The maximum Gasteiger partial charge on any atom is 0.194 e. The quantitative estimate of drug-likeness (QED) is 0.166. The zero-order valence-electron chi connectivity index (χ0n) is 4.38. The lowest BCUT2D eigenvalue weighted by Crippen LogP contribution is -2.06. The third-order valence-corrected chi connectivity index (χ3v) is 1.18. The van der Waals surface area contributed by atoms with E-state index >= 15 is 0 Å². The fraction of sp³-hybridized carbons (Fsp3) is 1.00. The van der Waals surface area contributed by atoms with Crippen LogP contribution >= 0.6 is 12.3 Å². The van der Waals surface area contributed by atoms with Gasteiger partial charge in [-0.15, -0.1) is 4.33 Å². The number of rotatable bonds is 5. The van der Waals surface area contributed by atoms with Gasteiger partial charge < -0.3 is 9.81 Å². The van der Waals surface area contributed by atoms with Crippen LogP contribution in [0.5, 0.6) is 0 Å². The average molecular weight is 190 g/mol. The molecule has 0 spiro atoms. The minimum absolute atomic E-state index is 0.0338. The van der Waals surface area contributed by atoms with E-state index in [-0.39, 0.29) is 12.3 Å². The van der Waals surface area contributed by atoms with E-state index in [0.29, 0.717) is 0 Å². The third-order valence-electron chi connectivity index (χ3n) is 0.296. The maximum atomic E-state index is 9.73. The van der Waals surface area contributed by atoms with Gasteiger partial charge in [0.15, 0.2) is 18.3 Å². The first-order chi connectivity index (χ1) is 4.56. The Kier molecular flexibility index (Phi) is 4.89. The Morgan fingerprint density at radius 1 is 1.50 bits per heavy atom. The Hall–Kier alpha value is 0.1000. The van der Waals surface area contributed by atoms with E-state index in [1.54, 1.807) is 0 Å². The largest absolute Gasteiger partial charge is 0.746 e. The molecule has 0 amide bonds. The molecule has 0 aromatic carbocycles. The molecule has 0 aromatic heterocycles. The molecule has 0 aliphatic carbocycles. The van der Waals surface area contributed by atoms with E-state index in [0.717, 1.165) is 0 Å². The maximum absolute atomic E-state index is 9.73. The normalized spacial score (nSPS) is 11.8. The van der Waals surface area contributed by atoms with E-state index in [1.165, 1.54) is 0 Å². The highest BCUT2D eigenvalue weighted by atomic mass is 32.2. The Labute approximate surface area is 60.9 Å². The second kappa shape index (κ2) is 4.85. The summed E-state index contributed by atoms with van der Waals surface area (Å²) in [5, 5.41) is 11.8. The highest BCUT2D eigenvalue weighted by Gasteiger charge is 1.94. The van der Waals surface area contributed by atoms with Crippen LogP contribution in [0.3, 0.4) is 0 Å². The molecule has 0 saturated carbocycles. The SMILES string of the molecule is O=S(=O)([O-])COSOO[O-]. The lowest BCUT2D eigenvalue weighted by atomic mass is 11.7. The van der Waals surface area contributed by atoms with Crippen molar-refractivity contribution in [3.8, 4) is 0 Å². The molecule has 10 heavy (non-hydrogen) atoms. The van der Waals surface area contributed by atoms with Gasteiger partial charge in [0, 0.05) is 0 Å². The summed E-state index contributed by atoms with van der Waals surface area (Å²) in [6, 6.07) is 0. The van der Waals surface area contributed by atoms with Crippen LogP contribution in [0.1, 0.15) is 0 Å². The van der Waals surface area contributed by atoms with Crippen molar-refractivity contribution < 1.29 is 31.8 Å². The van der Waals surface area contributed by atoms with Crippen molar-refractivity contribution in [2.45, 2.75) is 0 Å². The first kappa shape index (κ1) is 10.1. The zero-order chi connectivity index (χ0) is 8.04. The van der Waals surface area contributed by atoms with Crippen LogP contribution in [0.25, 0.3) is 0 Å². The minimum atomic E-state index is -4.44. The van der Waals surface area contributed by atoms with E-state index in [9.17, 15) is 13.0 Å². The smallest absolute Gasteiger partial charge is 0.194 e. The molecule has 0 aliphatic heterocycles. The first-order valence-electron chi connectivity index (χ1n) is 1.74. The molecule has 0 radical (unpaired) electrons. The van der Waals surface area contributed by atoms with E-state index in [4.69, 9.17) is 5.26 Å². The molecule has 0 N–H and O–H groups in total. The van der Waals surface area contributed by atoms with Crippen molar-refractivity contribution in [1.29, 1.82) is 0 Å². The minimum Gasteiger partial charge on any atom is -0.746 e. The average Bonchev–Trinajstić information content (AvgIpc) is 1.78. The standard InChI is InChI=1S/CH4O7S2/c2-7-8-9-6-1-10(3,4)5/h2H,1H2,(H,3,4,5)/p-2. The van der Waals surface area contributed by atoms with Crippen molar-refractivity contribution in [2.24, 2.45) is 0 Å². The summed E-state index contributed by atoms with van der Waals surface area (Å²) in [5.41, 5.74) is 0. The van der Waals surface area contributed by atoms with Crippen LogP contribution in [-0.2, 0) is 23.7 Å². The Balaban J connectivity index is 3.21. The lowest BCUT2D eigenvalue weighted by molar-refractivity contribution is -0.777. The molecule has 0 aliphatic rings. The molecule has 0 atom stereocenters. The molecule has 7 nitrogen and oxygen atoms in total. The summed E-state index contributed by atoms with van der Waals surface area (Å²) in [4.78, 5) is 0. The van der Waals surface area contributed by atoms with Crippen molar-refractivity contribution in [2.75, 3.05) is 5.94 Å². The molecular formula is CH2O7S2-2. The van der Waals surface area contributed by atoms with E-state index in [1.807, 2.05) is 0 Å². The molecule has 0 unspecified atom stereocenters. The Bertz CT molecular complexity index is 158. The molecule has 0 aromatic rings. The first-order valence-corrected chi connectivity index (χ1v) is 3.99. The number of hydrogen-bond acceptors (Lipinski definition) is 8. The molecule has 0 heterocycles. The molecule has 9 heteroatoms. The molecule has 62 valence electrons. The Morgan fingerprint density at radius 2 is 2.10 bits per heavy atom. The molecule has 0 fully saturated rings. The van der Waals surface area contributed by atoms with Gasteiger partial charge >= 0.3 is 0 Å². The van der Waals surface area contributed by atoms with Gasteiger partial charge in [-0.05, 0) is 0 Å². The van der Waals surface area contributed by atoms with Crippen LogP contribution in [0, 0.1) is 0 Å². The number of hydrogen-bond donors (Lipinski definition) is 0. The van der Waals surface area contributed by atoms with Gasteiger partial charge in [0.2, 0.25) is 0 Å². The van der Waals surface area contributed by atoms with Crippen molar-refractivity contribution in [3.63, 3.8) is 0 Å². The second-order valence-electron chi connectivity index (χ2n) is 0.998. The van der Waals surface area contributed by atoms with Crippen molar-refractivity contribution >= 4 is 22.4 Å². The zero-order valence-corrected chi connectivity index (χ0v) is 6.01. The predicted molar refractivity (Wildman–Crippen MR) is 25.4 cm³/mol. The summed E-state index contributed by atoms with van der Waals surface area (Å²) in [7, 11) is -4.44. The Morgan fingerprint density at radius 3 is 2.50 bits per heavy atom. The molecule has 0 bridgehead atoms. The van der Waals surface area contributed by atoms with Crippen LogP contribution in [0.4, 0.5) is 0 Å². The van der Waals surface area contributed by atoms with E-state index in [2.05, 4.69) is 13.6 Å². The predicted octanol–water partition coefficient (Wildman–Crippen LogP) is -1.71. The van der Waals surface area contributed by atoms with Crippen LogP contribution < -0.4 is 5.26 Å². The molecule has 0 saturated heterocycles. The third kappa shape index (κ3) is 8.10. The van der Waals surface area contributed by atoms with Crippen molar-refractivity contribution in [3.05, 3.63) is 0 Å². The summed E-state index contributed by atoms with van der Waals surface area (Å²) in [5.74, 6) is -1.08. The summed E-state index contributed by atoms with van der Waals surface area (Å²) in [6.07, 6.45) is 0. The van der Waals surface area contributed by atoms with Gasteiger partial charge in [0.05, 0.1) is 0 Å². The molecular weight excluding hydrogens is 188 g/mol. The van der Waals surface area contributed by atoms with Gasteiger partial charge in [-0.25, -0.2) is 8.42 Å². The monoisotopic (exact) mass is 190 g/mol. The van der Waals surface area contributed by atoms with Gasteiger partial charge in [0.25, 0.3) is 0 Å². The highest BCUT2D eigenvalue weighted by molar-refractivity contribution is 7.91. The van der Waals surface area contributed by atoms with E-state index < -0.39 is 16.1 Å². The van der Waals surface area contributed by atoms with Crippen LogP contribution in [0.2, 0.25) is 0 Å². The topological polar surface area (TPSA) is 108 Å². The van der Waals surface area contributed by atoms with Gasteiger partial charge in [-0.2, -0.15) is 0 Å². The summed E-state index contributed by atoms with van der Waals surface area (Å²) >= 11 is -0.0338. The second-order valence-corrected chi connectivity index (χ2v) is 2.86. The molecule has 0 rings (SSSR count).